The molecule has 2 N–H and O–H groups in total. The molecule has 0 amide bonds. The highest BCUT2D eigenvalue weighted by Crippen LogP contribution is 2.34. The van der Waals surface area contributed by atoms with Crippen molar-refractivity contribution in [3.8, 4) is 11.9 Å². The second-order valence-electron chi connectivity index (χ2n) is 16.8. The number of likely N-dealkylation sites (tertiary alicyclic amines) is 1. The van der Waals surface area contributed by atoms with Crippen molar-refractivity contribution >= 4 is 27.8 Å². The van der Waals surface area contributed by atoms with Gasteiger partial charge in [0.2, 0.25) is 11.8 Å². The van der Waals surface area contributed by atoms with E-state index in [1.54, 1.807) is 12.1 Å². The first-order valence-corrected chi connectivity index (χ1v) is 21.4. The Kier molecular flexibility index (Phi) is 14.2. The summed E-state index contributed by atoms with van der Waals surface area (Å²) in [5.41, 5.74) is 2.48. The molecule has 15 nitrogen and oxygen atoms in total. The van der Waals surface area contributed by atoms with Gasteiger partial charge in [0.05, 0.1) is 17.5 Å². The molecule has 20 heteroatoms. The van der Waals surface area contributed by atoms with Gasteiger partial charge in [-0.2, -0.15) is 42.7 Å². The number of hydrogen-bond acceptors (Lipinski definition) is 12. The molecule has 2 saturated heterocycles. The summed E-state index contributed by atoms with van der Waals surface area (Å²) in [5.74, 6) is -0.749. The smallest absolute Gasteiger partial charge is 0.475 e. The lowest BCUT2D eigenvalue weighted by molar-refractivity contribution is -0.192. The Bertz CT molecular complexity index is 2460. The number of carboxylic acids is 1. The van der Waals surface area contributed by atoms with Crippen molar-refractivity contribution in [2.45, 2.75) is 121 Å². The molecule has 6 aromatic rings. The number of para-hydroxylation sites is 2. The molecule has 0 spiro atoms. The van der Waals surface area contributed by atoms with E-state index in [2.05, 4.69) is 40.7 Å². The molecule has 0 radical (unpaired) electrons. The number of aliphatic carboxylic acids is 1. The normalized spacial score (nSPS) is 19.4. The first kappa shape index (κ1) is 45.7. The second kappa shape index (κ2) is 19.6. The average Bonchev–Trinajstić information content (AvgIpc) is 4.10. The molecule has 3 aliphatic rings. The number of hydrogen-bond donors (Lipinski definition) is 2. The number of ether oxygens (including phenoxy) is 1. The summed E-state index contributed by atoms with van der Waals surface area (Å²) in [6, 6.07) is 10.7. The molecule has 63 heavy (non-hydrogen) atoms. The van der Waals surface area contributed by atoms with Gasteiger partial charge in [-0.3, -0.25) is 0 Å². The van der Waals surface area contributed by atoms with E-state index < -0.39 is 12.1 Å². The largest absolute Gasteiger partial charge is 0.490 e. The van der Waals surface area contributed by atoms with Crippen LogP contribution in [-0.2, 0) is 9.53 Å². The molecule has 1 saturated carbocycles. The van der Waals surface area contributed by atoms with E-state index in [4.69, 9.17) is 23.7 Å². The third-order valence-corrected chi connectivity index (χ3v) is 12.0. The Labute approximate surface area is 360 Å². The predicted molar refractivity (Wildman–Crippen MR) is 221 cm³/mol. The molecule has 2 aliphatic heterocycles. The zero-order valence-electron chi connectivity index (χ0n) is 35.9. The molecule has 340 valence electrons. The maximum Gasteiger partial charge on any atom is 0.490 e. The number of piperidine rings is 2. The molecule has 1 aliphatic carbocycles. The Hall–Kier alpha value is -5.34. The van der Waals surface area contributed by atoms with Gasteiger partial charge in [0.25, 0.3) is 11.9 Å². The van der Waals surface area contributed by atoms with Crippen molar-refractivity contribution < 1.29 is 45.6 Å². The van der Waals surface area contributed by atoms with Crippen LogP contribution in [-0.4, -0.2) is 107 Å². The van der Waals surface area contributed by atoms with E-state index in [1.165, 1.54) is 34.3 Å². The zero-order valence-corrected chi connectivity index (χ0v) is 35.9. The van der Waals surface area contributed by atoms with Gasteiger partial charge in [-0.1, -0.05) is 52.0 Å². The van der Waals surface area contributed by atoms with E-state index >= 15 is 0 Å². The van der Waals surface area contributed by atoms with Crippen molar-refractivity contribution in [2.75, 3.05) is 33.3 Å². The zero-order chi connectivity index (χ0) is 45.0. The van der Waals surface area contributed by atoms with Crippen LogP contribution in [0.2, 0.25) is 0 Å². The van der Waals surface area contributed by atoms with Gasteiger partial charge in [0, 0.05) is 35.8 Å². The number of carbonyl (C=O) groups is 1. The predicted octanol–water partition coefficient (Wildman–Crippen LogP) is 8.58. The number of carboxylic acid groups (broad SMARTS) is 1. The van der Waals surface area contributed by atoms with E-state index in [0.29, 0.717) is 46.9 Å². The maximum absolute atomic E-state index is 14.7. The standard InChI is InChI=1S/C24H32FN5O2.C17H20FN5O.C2HF3O2/c1-15(2)21-19-5-4-6-20(25)22(19)30(27-21)24-26-23(32-28-24)16-11-13-29(14-12-16)17-7-9-18(31-3)10-8-17;1-10(2)14-12-4-3-5-13(18)15(12)23(21-14)17-20-16(24-22-17)11-6-8-19-9-7-11;3-2(4,5)1(6)7/h4-6,15-18H,7-14H2,1-3H3;3-5,10-11,19H,6-9H2,1-2H3;(H,6,7). The molecule has 0 bridgehead atoms. The number of nitrogens with zero attached hydrogens (tertiary/aromatic N) is 9. The Balaban J connectivity index is 0.000000169. The number of rotatable bonds is 8. The van der Waals surface area contributed by atoms with Crippen molar-refractivity contribution in [1.29, 1.82) is 0 Å². The Morgan fingerprint density at radius 1 is 0.746 bits per heavy atom. The fourth-order valence-electron chi connectivity index (χ4n) is 8.62. The number of benzene rings is 2. The molecule has 0 atom stereocenters. The molecule has 3 fully saturated rings. The van der Waals surface area contributed by atoms with Gasteiger partial charge in [0.15, 0.2) is 0 Å². The summed E-state index contributed by atoms with van der Waals surface area (Å²) in [6.07, 6.45) is 4.00. The van der Waals surface area contributed by atoms with Crippen molar-refractivity contribution in [3.05, 3.63) is 71.2 Å². The van der Waals surface area contributed by atoms with Crippen LogP contribution >= 0.6 is 0 Å². The summed E-state index contributed by atoms with van der Waals surface area (Å²) in [6.45, 7) is 12.1. The number of fused-ring (bicyclic) bond motifs is 2. The van der Waals surface area contributed by atoms with Gasteiger partial charge in [-0.15, -0.1) is 0 Å². The SMILES string of the molecule is CC(C)c1nn(-c2noc(C3CCNCC3)n2)c2c(F)cccc12.COC1CCC(N2CCC(c3nc(-n4nc(C(C)C)c5cccc(F)c54)no3)CC2)CC1.O=C(O)C(F)(F)F. The average molecular weight is 885 g/mol. The quantitative estimate of drug-likeness (QED) is 0.139. The maximum atomic E-state index is 14.7. The Morgan fingerprint density at radius 2 is 1.19 bits per heavy atom. The lowest BCUT2D eigenvalue weighted by Crippen LogP contribution is -2.43. The van der Waals surface area contributed by atoms with Gasteiger partial charge >= 0.3 is 12.1 Å². The topological polar surface area (TPSA) is 175 Å². The monoisotopic (exact) mass is 884 g/mol. The van der Waals surface area contributed by atoms with Crippen LogP contribution in [0.1, 0.15) is 126 Å². The number of aromatic nitrogens is 8. The van der Waals surface area contributed by atoms with Crippen LogP contribution < -0.4 is 5.32 Å². The molecule has 0 unspecified atom stereocenters. The highest BCUT2D eigenvalue weighted by molar-refractivity contribution is 5.85. The van der Waals surface area contributed by atoms with Crippen LogP contribution in [0, 0.1) is 11.6 Å². The minimum atomic E-state index is -5.08. The lowest BCUT2D eigenvalue weighted by Gasteiger charge is -2.40. The van der Waals surface area contributed by atoms with E-state index in [1.807, 2.05) is 46.9 Å². The summed E-state index contributed by atoms with van der Waals surface area (Å²) >= 11 is 0. The van der Waals surface area contributed by atoms with Crippen molar-refractivity contribution in [1.82, 2.24) is 50.1 Å². The fraction of sp³-hybridized carbons (Fsp3) is 0.558. The number of nitrogens with one attached hydrogen (secondary N) is 1. The molecule has 9 rings (SSSR count). The van der Waals surface area contributed by atoms with Crippen molar-refractivity contribution in [3.63, 3.8) is 0 Å². The van der Waals surface area contributed by atoms with Crippen LogP contribution in [0.15, 0.2) is 45.4 Å². The molecule has 4 aromatic heterocycles. The third kappa shape index (κ3) is 10.2. The second-order valence-corrected chi connectivity index (χ2v) is 16.8. The highest BCUT2D eigenvalue weighted by Gasteiger charge is 2.38. The van der Waals surface area contributed by atoms with E-state index in [-0.39, 0.29) is 35.3 Å². The lowest BCUT2D eigenvalue weighted by atomic mass is 9.89. The summed E-state index contributed by atoms with van der Waals surface area (Å²) in [7, 11) is 1.82. The summed E-state index contributed by atoms with van der Waals surface area (Å²) < 4.78 is 80.4. The molecule has 2 aromatic carbocycles. The first-order chi connectivity index (χ1) is 30.1. The fourth-order valence-corrected chi connectivity index (χ4v) is 8.62. The van der Waals surface area contributed by atoms with Crippen molar-refractivity contribution in [2.24, 2.45) is 0 Å². The van der Waals surface area contributed by atoms with Crippen LogP contribution in [0.3, 0.4) is 0 Å². The first-order valence-electron chi connectivity index (χ1n) is 21.4. The van der Waals surface area contributed by atoms with E-state index in [9.17, 15) is 22.0 Å². The van der Waals surface area contributed by atoms with Gasteiger partial charge in [0.1, 0.15) is 22.7 Å². The molecular weight excluding hydrogens is 832 g/mol. The van der Waals surface area contributed by atoms with Gasteiger partial charge < -0.3 is 29.1 Å². The van der Waals surface area contributed by atoms with Crippen LogP contribution in [0.4, 0.5) is 22.0 Å². The number of halogens is 5. The van der Waals surface area contributed by atoms with E-state index in [0.717, 1.165) is 86.9 Å². The van der Waals surface area contributed by atoms with Gasteiger partial charge in [-0.05, 0) is 112 Å². The summed E-state index contributed by atoms with van der Waals surface area (Å²) in [5, 5.41) is 29.4. The summed E-state index contributed by atoms with van der Waals surface area (Å²) in [4.78, 5) is 20.7. The highest BCUT2D eigenvalue weighted by atomic mass is 19.4. The molecule has 6 heterocycles. The minimum absolute atomic E-state index is 0.162. The number of methoxy groups -OCH3 is 1. The third-order valence-electron chi connectivity index (χ3n) is 12.0. The number of alkyl halides is 3. The van der Waals surface area contributed by atoms with Crippen LogP contribution in [0.5, 0.6) is 0 Å². The molecular formula is C43H53F5N10O5. The van der Waals surface area contributed by atoms with Gasteiger partial charge in [-0.25, -0.2) is 13.6 Å². The minimum Gasteiger partial charge on any atom is -0.475 e. The van der Waals surface area contributed by atoms with Crippen LogP contribution in [0.25, 0.3) is 33.7 Å². The Morgan fingerprint density at radius 3 is 1.60 bits per heavy atom.